The van der Waals surface area contributed by atoms with E-state index in [2.05, 4.69) is 15.5 Å². The standard InChI is InChI=1S/C22H25Cl2N3O6/c1-6-32-14-10-15(24)21(33-7-2)16(11-14)25-22(29)19(12(3)28)26-27-20-17(30-4)8-13(23)9-18(20)31-5/h8-11,19H,6-7H2,1-5H3,(H,25,29). The van der Waals surface area contributed by atoms with E-state index in [4.69, 9.17) is 42.1 Å². The van der Waals surface area contributed by atoms with E-state index in [9.17, 15) is 9.59 Å². The molecule has 2 rings (SSSR count). The molecule has 0 aliphatic rings. The van der Waals surface area contributed by atoms with Gasteiger partial charge in [0, 0.05) is 29.3 Å². The van der Waals surface area contributed by atoms with Crippen molar-refractivity contribution < 1.29 is 28.5 Å². The summed E-state index contributed by atoms with van der Waals surface area (Å²) in [6.45, 7) is 5.52. The third-order valence-electron chi connectivity index (χ3n) is 4.23. The maximum absolute atomic E-state index is 13.0. The van der Waals surface area contributed by atoms with E-state index < -0.39 is 17.7 Å². The Morgan fingerprint density at radius 3 is 2.12 bits per heavy atom. The van der Waals surface area contributed by atoms with Crippen molar-refractivity contribution in [2.75, 3.05) is 32.8 Å². The fourth-order valence-electron chi connectivity index (χ4n) is 2.80. The zero-order valence-electron chi connectivity index (χ0n) is 18.9. The van der Waals surface area contributed by atoms with Gasteiger partial charge in [-0.2, -0.15) is 5.11 Å². The minimum Gasteiger partial charge on any atom is -0.494 e. The van der Waals surface area contributed by atoms with E-state index in [1.807, 2.05) is 6.92 Å². The topological polar surface area (TPSA) is 108 Å². The van der Waals surface area contributed by atoms with Crippen LogP contribution in [0.5, 0.6) is 23.0 Å². The van der Waals surface area contributed by atoms with Crippen molar-refractivity contribution in [2.45, 2.75) is 26.8 Å². The lowest BCUT2D eigenvalue weighted by Gasteiger charge is -2.16. The summed E-state index contributed by atoms with van der Waals surface area (Å²) < 4.78 is 21.6. The molecular formula is C22H25Cl2N3O6. The monoisotopic (exact) mass is 497 g/mol. The third kappa shape index (κ3) is 6.72. The zero-order valence-corrected chi connectivity index (χ0v) is 20.4. The lowest BCUT2D eigenvalue weighted by Crippen LogP contribution is -2.32. The Bertz CT molecular complexity index is 1020. The van der Waals surface area contributed by atoms with Gasteiger partial charge in [-0.25, -0.2) is 0 Å². The summed E-state index contributed by atoms with van der Waals surface area (Å²) >= 11 is 12.3. The van der Waals surface area contributed by atoms with E-state index in [-0.39, 0.29) is 33.6 Å². The normalized spacial score (nSPS) is 11.7. The SMILES string of the molecule is CCOc1cc(Cl)c(OCC)c(NC(=O)C(N=Nc2c(OC)cc(Cl)cc2OC)C(C)=O)c1. The predicted molar refractivity (Wildman–Crippen MR) is 126 cm³/mol. The van der Waals surface area contributed by atoms with Gasteiger partial charge in [-0.15, -0.1) is 5.11 Å². The van der Waals surface area contributed by atoms with Gasteiger partial charge in [0.25, 0.3) is 5.91 Å². The highest BCUT2D eigenvalue weighted by Crippen LogP contribution is 2.41. The van der Waals surface area contributed by atoms with Crippen LogP contribution in [-0.4, -0.2) is 45.2 Å². The molecule has 0 aliphatic heterocycles. The molecule has 1 amide bonds. The second-order valence-electron chi connectivity index (χ2n) is 6.52. The van der Waals surface area contributed by atoms with Crippen LogP contribution >= 0.6 is 23.2 Å². The smallest absolute Gasteiger partial charge is 0.258 e. The molecule has 1 atom stereocenters. The molecule has 33 heavy (non-hydrogen) atoms. The Kier molecular flexibility index (Phi) is 9.74. The van der Waals surface area contributed by atoms with E-state index in [1.165, 1.54) is 33.3 Å². The van der Waals surface area contributed by atoms with E-state index in [0.29, 0.717) is 24.0 Å². The van der Waals surface area contributed by atoms with Crippen LogP contribution in [0.25, 0.3) is 0 Å². The maximum atomic E-state index is 13.0. The average Bonchev–Trinajstić information content (AvgIpc) is 2.76. The highest BCUT2D eigenvalue weighted by atomic mass is 35.5. The Morgan fingerprint density at radius 1 is 1.00 bits per heavy atom. The van der Waals surface area contributed by atoms with Gasteiger partial charge in [-0.1, -0.05) is 23.2 Å². The number of carbonyl (C=O) groups is 2. The molecule has 11 heteroatoms. The molecule has 0 spiro atoms. The molecule has 2 aromatic carbocycles. The van der Waals surface area contributed by atoms with Gasteiger partial charge in [0.2, 0.25) is 6.04 Å². The summed E-state index contributed by atoms with van der Waals surface area (Å²) in [4.78, 5) is 25.2. The van der Waals surface area contributed by atoms with Crippen LogP contribution < -0.4 is 24.3 Å². The quantitative estimate of drug-likeness (QED) is 0.324. The number of carbonyl (C=O) groups excluding carboxylic acids is 2. The molecule has 2 aromatic rings. The number of hydrogen-bond donors (Lipinski definition) is 1. The number of ketones is 1. The number of ether oxygens (including phenoxy) is 4. The van der Waals surface area contributed by atoms with Crippen LogP contribution in [0, 0.1) is 0 Å². The summed E-state index contributed by atoms with van der Waals surface area (Å²) in [6.07, 6.45) is 0. The van der Waals surface area contributed by atoms with Crippen LogP contribution in [0.4, 0.5) is 11.4 Å². The molecule has 0 heterocycles. The summed E-state index contributed by atoms with van der Waals surface area (Å²) in [5.41, 5.74) is 0.417. The number of halogens is 2. The molecule has 178 valence electrons. The number of nitrogens with one attached hydrogen (secondary N) is 1. The molecule has 9 nitrogen and oxygen atoms in total. The predicted octanol–water partition coefficient (Wildman–Crippen LogP) is 5.49. The zero-order chi connectivity index (χ0) is 24.5. The van der Waals surface area contributed by atoms with Gasteiger partial charge in [-0.3, -0.25) is 9.59 Å². The lowest BCUT2D eigenvalue weighted by atomic mass is 10.2. The first-order valence-corrected chi connectivity index (χ1v) is 10.7. The second kappa shape index (κ2) is 12.3. The lowest BCUT2D eigenvalue weighted by molar-refractivity contribution is -0.126. The summed E-state index contributed by atoms with van der Waals surface area (Å²) in [7, 11) is 2.84. The third-order valence-corrected chi connectivity index (χ3v) is 4.72. The fraction of sp³-hybridized carbons (Fsp3) is 0.364. The molecule has 1 unspecified atom stereocenters. The first-order valence-electron chi connectivity index (χ1n) is 9.98. The number of azo groups is 1. The average molecular weight is 498 g/mol. The van der Waals surface area contributed by atoms with Gasteiger partial charge < -0.3 is 24.3 Å². The Morgan fingerprint density at radius 2 is 1.61 bits per heavy atom. The minimum absolute atomic E-state index is 0.180. The number of Topliss-reactive ketones (excluding diaryl/α,β-unsaturated/α-hetero) is 1. The number of benzene rings is 2. The Hall–Kier alpha value is -3.04. The van der Waals surface area contributed by atoms with Crippen LogP contribution in [0.3, 0.4) is 0 Å². The summed E-state index contributed by atoms with van der Waals surface area (Å²) in [5, 5.41) is 11.2. The van der Waals surface area contributed by atoms with Crippen molar-refractivity contribution in [1.82, 2.24) is 0 Å². The highest BCUT2D eigenvalue weighted by molar-refractivity contribution is 6.33. The van der Waals surface area contributed by atoms with E-state index in [0.717, 1.165) is 0 Å². The van der Waals surface area contributed by atoms with Gasteiger partial charge in [0.05, 0.1) is 38.1 Å². The van der Waals surface area contributed by atoms with Crippen molar-refractivity contribution in [2.24, 2.45) is 10.2 Å². The molecular weight excluding hydrogens is 473 g/mol. The maximum Gasteiger partial charge on any atom is 0.258 e. The first-order chi connectivity index (χ1) is 15.7. The van der Waals surface area contributed by atoms with Crippen LogP contribution in [0.2, 0.25) is 10.0 Å². The van der Waals surface area contributed by atoms with Crippen molar-refractivity contribution in [3.8, 4) is 23.0 Å². The van der Waals surface area contributed by atoms with E-state index >= 15 is 0 Å². The number of anilines is 1. The molecule has 0 saturated heterocycles. The van der Waals surface area contributed by atoms with Crippen molar-refractivity contribution in [3.05, 3.63) is 34.3 Å². The van der Waals surface area contributed by atoms with Crippen molar-refractivity contribution in [1.29, 1.82) is 0 Å². The number of hydrogen-bond acceptors (Lipinski definition) is 8. The van der Waals surface area contributed by atoms with Crippen LogP contribution in [0.1, 0.15) is 20.8 Å². The molecule has 0 bridgehead atoms. The van der Waals surface area contributed by atoms with Gasteiger partial charge in [-0.05, 0) is 20.8 Å². The summed E-state index contributed by atoms with van der Waals surface area (Å²) in [5.74, 6) is -0.0626. The minimum atomic E-state index is -1.46. The van der Waals surface area contributed by atoms with Gasteiger partial charge in [0.15, 0.2) is 28.7 Å². The number of amides is 1. The van der Waals surface area contributed by atoms with Gasteiger partial charge in [0.1, 0.15) is 5.75 Å². The molecule has 0 radical (unpaired) electrons. The van der Waals surface area contributed by atoms with Crippen LogP contribution in [-0.2, 0) is 9.59 Å². The molecule has 0 aliphatic carbocycles. The van der Waals surface area contributed by atoms with Crippen molar-refractivity contribution in [3.63, 3.8) is 0 Å². The molecule has 0 saturated carbocycles. The molecule has 0 fully saturated rings. The highest BCUT2D eigenvalue weighted by Gasteiger charge is 2.26. The second-order valence-corrected chi connectivity index (χ2v) is 7.37. The number of methoxy groups -OCH3 is 2. The molecule has 1 N–H and O–H groups in total. The fourth-order valence-corrected chi connectivity index (χ4v) is 3.26. The number of nitrogens with zero attached hydrogens (tertiary/aromatic N) is 2. The Balaban J connectivity index is 2.41. The van der Waals surface area contributed by atoms with Gasteiger partial charge >= 0.3 is 0 Å². The van der Waals surface area contributed by atoms with Crippen LogP contribution in [0.15, 0.2) is 34.5 Å². The number of rotatable bonds is 11. The summed E-state index contributed by atoms with van der Waals surface area (Å²) in [6, 6.07) is 4.69. The Labute approximate surface area is 202 Å². The largest absolute Gasteiger partial charge is 0.494 e. The van der Waals surface area contributed by atoms with Crippen molar-refractivity contribution >= 4 is 46.3 Å². The van der Waals surface area contributed by atoms with E-state index in [1.54, 1.807) is 19.1 Å². The first kappa shape index (κ1) is 26.2. The molecule has 0 aromatic heterocycles.